The first kappa shape index (κ1) is 15.7. The molecule has 1 rings (SSSR count). The van der Waals surface area contributed by atoms with Gasteiger partial charge in [-0.2, -0.15) is 0 Å². The Hall–Kier alpha value is -1.34. The third-order valence-corrected chi connectivity index (χ3v) is 3.61. The Balaban J connectivity index is 2.89. The number of carbonyl (C=O) groups excluding carboxylic acids is 1. The van der Waals surface area contributed by atoms with Crippen molar-refractivity contribution < 1.29 is 9.53 Å². The molecule has 1 heterocycles. The minimum Gasteiger partial charge on any atom is -0.383 e. The van der Waals surface area contributed by atoms with Gasteiger partial charge >= 0.3 is 0 Å². The maximum Gasteiger partial charge on any atom is 0.268 e. The summed E-state index contributed by atoms with van der Waals surface area (Å²) < 4.78 is 5.03. The first-order valence-electron chi connectivity index (χ1n) is 6.31. The Morgan fingerprint density at radius 2 is 2.26 bits per heavy atom. The first-order valence-corrected chi connectivity index (χ1v) is 7.13. The molecule has 0 saturated heterocycles. The summed E-state index contributed by atoms with van der Waals surface area (Å²) in [6, 6.07) is 0.0896. The largest absolute Gasteiger partial charge is 0.383 e. The van der Waals surface area contributed by atoms with Gasteiger partial charge in [0.05, 0.1) is 6.61 Å². The van der Waals surface area contributed by atoms with Gasteiger partial charge in [-0.1, -0.05) is 11.3 Å². The molecule has 6 nitrogen and oxygen atoms in total. The van der Waals surface area contributed by atoms with Crippen LogP contribution in [0.5, 0.6) is 0 Å². The molecule has 0 aliphatic carbocycles. The normalized spacial score (nSPS) is 10.8. The summed E-state index contributed by atoms with van der Waals surface area (Å²) in [5, 5.41) is 3.75. The van der Waals surface area contributed by atoms with Gasteiger partial charge in [-0.05, 0) is 20.8 Å². The van der Waals surface area contributed by atoms with Crippen LogP contribution in [0.15, 0.2) is 0 Å². The van der Waals surface area contributed by atoms with Gasteiger partial charge in [0.1, 0.15) is 10.7 Å². The van der Waals surface area contributed by atoms with Crippen LogP contribution in [0, 0.1) is 0 Å². The van der Waals surface area contributed by atoms with Crippen molar-refractivity contribution in [1.82, 2.24) is 9.88 Å². The van der Waals surface area contributed by atoms with E-state index in [1.807, 2.05) is 20.8 Å². The number of hydrogen-bond acceptors (Lipinski definition) is 6. The third kappa shape index (κ3) is 4.07. The molecule has 7 heteroatoms. The average Bonchev–Trinajstić information content (AvgIpc) is 2.70. The van der Waals surface area contributed by atoms with Crippen molar-refractivity contribution in [1.29, 1.82) is 0 Å². The molecule has 0 aliphatic rings. The standard InChI is InChI=1S/C12H22N4O2S/c1-5-14-12-15-10(13)9(19-12)11(17)16(8(2)3)6-7-18-4/h8H,5-7,13H2,1-4H3,(H,14,15). The van der Waals surface area contributed by atoms with E-state index in [9.17, 15) is 4.79 Å². The molecule has 0 bridgehead atoms. The summed E-state index contributed by atoms with van der Waals surface area (Å²) in [4.78, 5) is 18.8. The predicted molar refractivity (Wildman–Crippen MR) is 78.7 cm³/mol. The maximum atomic E-state index is 12.5. The molecule has 0 saturated carbocycles. The quantitative estimate of drug-likeness (QED) is 0.796. The molecule has 0 unspecified atom stereocenters. The number of nitrogens with one attached hydrogen (secondary N) is 1. The monoisotopic (exact) mass is 286 g/mol. The number of nitrogens with zero attached hydrogens (tertiary/aromatic N) is 2. The number of thiazole rings is 1. The molecule has 0 aliphatic heterocycles. The van der Waals surface area contributed by atoms with Gasteiger partial charge in [0.25, 0.3) is 5.91 Å². The van der Waals surface area contributed by atoms with E-state index in [0.717, 1.165) is 6.54 Å². The summed E-state index contributed by atoms with van der Waals surface area (Å²) in [6.07, 6.45) is 0. The van der Waals surface area contributed by atoms with Crippen LogP contribution in [0.3, 0.4) is 0 Å². The fraction of sp³-hybridized carbons (Fsp3) is 0.667. The lowest BCUT2D eigenvalue weighted by molar-refractivity contribution is 0.0640. The molecule has 1 amide bonds. The van der Waals surface area contributed by atoms with Gasteiger partial charge in [0, 0.05) is 26.2 Å². The Labute approximate surface area is 118 Å². The van der Waals surface area contributed by atoms with E-state index in [4.69, 9.17) is 10.5 Å². The minimum absolute atomic E-state index is 0.0896. The lowest BCUT2D eigenvalue weighted by Crippen LogP contribution is -2.39. The smallest absolute Gasteiger partial charge is 0.268 e. The fourth-order valence-electron chi connectivity index (χ4n) is 1.63. The molecule has 0 spiro atoms. The van der Waals surface area contributed by atoms with Gasteiger partial charge in [-0.25, -0.2) is 4.98 Å². The second-order valence-corrected chi connectivity index (χ2v) is 5.35. The SMILES string of the molecule is CCNc1nc(N)c(C(=O)N(CCOC)C(C)C)s1. The highest BCUT2D eigenvalue weighted by Gasteiger charge is 2.23. The number of aromatic nitrogens is 1. The molecule has 0 fully saturated rings. The van der Waals surface area contributed by atoms with Crippen LogP contribution >= 0.6 is 11.3 Å². The molecule has 1 aromatic heterocycles. The van der Waals surface area contributed by atoms with Crippen LogP contribution < -0.4 is 11.1 Å². The highest BCUT2D eigenvalue weighted by atomic mass is 32.1. The topological polar surface area (TPSA) is 80.5 Å². The summed E-state index contributed by atoms with van der Waals surface area (Å²) in [7, 11) is 1.62. The third-order valence-electron chi connectivity index (χ3n) is 2.60. The number of methoxy groups -OCH3 is 1. The molecule has 3 N–H and O–H groups in total. The second-order valence-electron chi connectivity index (χ2n) is 4.35. The van der Waals surface area contributed by atoms with Crippen molar-refractivity contribution in [2.45, 2.75) is 26.8 Å². The van der Waals surface area contributed by atoms with Crippen LogP contribution in [-0.4, -0.2) is 48.6 Å². The van der Waals surface area contributed by atoms with Gasteiger partial charge < -0.3 is 20.7 Å². The van der Waals surface area contributed by atoms with Crippen LogP contribution in [0.1, 0.15) is 30.4 Å². The Bertz CT molecular complexity index is 420. The van der Waals surface area contributed by atoms with E-state index < -0.39 is 0 Å². The van der Waals surface area contributed by atoms with Crippen molar-refractivity contribution in [3.63, 3.8) is 0 Å². The lowest BCUT2D eigenvalue weighted by atomic mass is 10.3. The zero-order valence-electron chi connectivity index (χ0n) is 11.9. The summed E-state index contributed by atoms with van der Waals surface area (Å²) in [6.45, 7) is 7.70. The highest BCUT2D eigenvalue weighted by molar-refractivity contribution is 7.18. The number of hydrogen-bond donors (Lipinski definition) is 2. The van der Waals surface area contributed by atoms with Gasteiger partial charge in [0.15, 0.2) is 5.13 Å². The molecular formula is C12H22N4O2S. The van der Waals surface area contributed by atoms with Gasteiger partial charge in [0.2, 0.25) is 0 Å². The number of ether oxygens (including phenoxy) is 1. The average molecular weight is 286 g/mol. The van der Waals surface area contributed by atoms with E-state index in [2.05, 4.69) is 10.3 Å². The first-order chi connectivity index (χ1) is 9.01. The molecule has 1 aromatic rings. The maximum absolute atomic E-state index is 12.5. The van der Waals surface area contributed by atoms with Crippen molar-refractivity contribution in [3.8, 4) is 0 Å². The number of nitrogens with two attached hydrogens (primary N) is 1. The van der Waals surface area contributed by atoms with Gasteiger partial charge in [-0.15, -0.1) is 0 Å². The Morgan fingerprint density at radius 3 is 2.79 bits per heavy atom. The van der Waals surface area contributed by atoms with Crippen LogP contribution in [-0.2, 0) is 4.74 Å². The number of anilines is 2. The lowest BCUT2D eigenvalue weighted by Gasteiger charge is -2.25. The number of carbonyl (C=O) groups is 1. The van der Waals surface area contributed by atoms with Gasteiger partial charge in [-0.3, -0.25) is 4.79 Å². The van der Waals surface area contributed by atoms with E-state index >= 15 is 0 Å². The fourth-order valence-corrected chi connectivity index (χ4v) is 2.53. The second kappa shape index (κ2) is 7.30. The van der Waals surface area contributed by atoms with E-state index in [0.29, 0.717) is 23.2 Å². The molecule has 0 aromatic carbocycles. The van der Waals surface area contributed by atoms with Crippen molar-refractivity contribution in [2.75, 3.05) is 37.9 Å². The highest BCUT2D eigenvalue weighted by Crippen LogP contribution is 2.26. The van der Waals surface area contributed by atoms with Crippen LogP contribution in [0.2, 0.25) is 0 Å². The molecule has 0 atom stereocenters. The Kier molecular flexibility index (Phi) is 6.04. The predicted octanol–water partition coefficient (Wildman–Crippen LogP) is 1.65. The van der Waals surface area contributed by atoms with Crippen LogP contribution in [0.25, 0.3) is 0 Å². The Morgan fingerprint density at radius 1 is 1.58 bits per heavy atom. The summed E-state index contributed by atoms with van der Waals surface area (Å²) in [5.41, 5.74) is 5.82. The number of amides is 1. The van der Waals surface area contributed by atoms with Crippen molar-refractivity contribution in [2.24, 2.45) is 0 Å². The van der Waals surface area contributed by atoms with Crippen LogP contribution in [0.4, 0.5) is 10.9 Å². The number of rotatable bonds is 7. The van der Waals surface area contributed by atoms with Crippen molar-refractivity contribution >= 4 is 28.2 Å². The molecule has 0 radical (unpaired) electrons. The summed E-state index contributed by atoms with van der Waals surface area (Å²) >= 11 is 1.29. The number of nitrogen functional groups attached to an aromatic ring is 1. The zero-order chi connectivity index (χ0) is 14.4. The van der Waals surface area contributed by atoms with E-state index in [1.54, 1.807) is 12.0 Å². The molecule has 19 heavy (non-hydrogen) atoms. The van der Waals surface area contributed by atoms with Crippen molar-refractivity contribution in [3.05, 3.63) is 4.88 Å². The molecular weight excluding hydrogens is 264 g/mol. The zero-order valence-corrected chi connectivity index (χ0v) is 12.7. The van der Waals surface area contributed by atoms with E-state index in [1.165, 1.54) is 11.3 Å². The molecule has 108 valence electrons. The van der Waals surface area contributed by atoms with E-state index in [-0.39, 0.29) is 17.8 Å². The minimum atomic E-state index is -0.0915. The summed E-state index contributed by atoms with van der Waals surface area (Å²) in [5.74, 6) is 0.195.